The Bertz CT molecular complexity index is 600. The van der Waals surface area contributed by atoms with Crippen molar-refractivity contribution in [2.75, 3.05) is 19.1 Å². The smallest absolute Gasteiger partial charge is 0.161 e. The number of rotatable bonds is 8. The van der Waals surface area contributed by atoms with Gasteiger partial charge in [0.05, 0.1) is 19.9 Å². The molecule has 0 amide bonds. The first kappa shape index (κ1) is 15.8. The fourth-order valence-electron chi connectivity index (χ4n) is 1.81. The minimum atomic E-state index is 0.696. The molecule has 0 saturated carbocycles. The molecule has 1 aromatic carbocycles. The Balaban J connectivity index is 1.99. The summed E-state index contributed by atoms with van der Waals surface area (Å²) in [7, 11) is 1.63. The van der Waals surface area contributed by atoms with Crippen LogP contribution >= 0.6 is 0 Å². The van der Waals surface area contributed by atoms with E-state index in [4.69, 9.17) is 9.47 Å². The van der Waals surface area contributed by atoms with Crippen molar-refractivity contribution in [2.45, 2.75) is 19.8 Å². The number of pyridine rings is 1. The van der Waals surface area contributed by atoms with Gasteiger partial charge >= 0.3 is 0 Å². The number of hydrogen-bond donors (Lipinski definition) is 1. The van der Waals surface area contributed by atoms with E-state index >= 15 is 0 Å². The number of unbranched alkanes of at least 4 members (excludes halogenated alkanes) is 1. The third-order valence-electron chi connectivity index (χ3n) is 3.00. The molecule has 1 aromatic heterocycles. The van der Waals surface area contributed by atoms with Gasteiger partial charge in [0.2, 0.25) is 0 Å². The minimum Gasteiger partial charge on any atom is -0.493 e. The molecule has 0 radical (unpaired) electrons. The Morgan fingerprint density at radius 2 is 2.14 bits per heavy atom. The molecular weight excluding hydrogens is 278 g/mol. The average Bonchev–Trinajstić information content (AvgIpc) is 2.57. The lowest BCUT2D eigenvalue weighted by Gasteiger charge is -2.10. The van der Waals surface area contributed by atoms with Crippen LogP contribution in [0.1, 0.15) is 25.3 Å². The first-order chi connectivity index (χ1) is 10.8. The molecule has 0 bridgehead atoms. The molecule has 0 unspecified atom stereocenters. The molecule has 2 rings (SSSR count). The summed E-state index contributed by atoms with van der Waals surface area (Å²) in [6.45, 7) is 2.83. The van der Waals surface area contributed by atoms with Gasteiger partial charge in [-0.3, -0.25) is 5.43 Å². The lowest BCUT2D eigenvalue weighted by Crippen LogP contribution is -1.99. The predicted molar refractivity (Wildman–Crippen MR) is 88.9 cm³/mol. The summed E-state index contributed by atoms with van der Waals surface area (Å²) in [5, 5.41) is 4.16. The number of hydrazone groups is 1. The van der Waals surface area contributed by atoms with Crippen LogP contribution in [-0.2, 0) is 0 Å². The number of aromatic nitrogens is 1. The van der Waals surface area contributed by atoms with Crippen molar-refractivity contribution in [1.29, 1.82) is 0 Å². The molecular formula is C17H21N3O2. The maximum absolute atomic E-state index is 5.70. The van der Waals surface area contributed by atoms with Gasteiger partial charge in [0.1, 0.15) is 5.82 Å². The van der Waals surface area contributed by atoms with Crippen LogP contribution in [-0.4, -0.2) is 24.9 Å². The molecule has 0 aliphatic heterocycles. The number of ether oxygens (including phenoxy) is 2. The zero-order valence-electron chi connectivity index (χ0n) is 13.0. The monoisotopic (exact) mass is 299 g/mol. The second-order valence-corrected chi connectivity index (χ2v) is 4.70. The largest absolute Gasteiger partial charge is 0.493 e. The van der Waals surface area contributed by atoms with Crippen LogP contribution in [0.25, 0.3) is 0 Å². The number of nitrogens with one attached hydrogen (secondary N) is 1. The van der Waals surface area contributed by atoms with Crippen LogP contribution in [0.4, 0.5) is 5.82 Å². The summed E-state index contributed by atoms with van der Waals surface area (Å²) >= 11 is 0. The highest BCUT2D eigenvalue weighted by atomic mass is 16.5. The number of anilines is 1. The number of methoxy groups -OCH3 is 1. The molecule has 5 heteroatoms. The Morgan fingerprint density at radius 1 is 1.23 bits per heavy atom. The van der Waals surface area contributed by atoms with E-state index in [0.717, 1.165) is 24.2 Å². The molecule has 5 nitrogen and oxygen atoms in total. The van der Waals surface area contributed by atoms with Crippen LogP contribution in [0, 0.1) is 0 Å². The standard InChI is InChI=1S/C17H21N3O2/c1-3-4-11-22-15-9-8-14(12-16(15)21-2)13-19-20-17-7-5-6-10-18-17/h5-10,12-13H,3-4,11H2,1-2H3,(H,18,20)/b19-13+. The van der Waals surface area contributed by atoms with Crippen molar-refractivity contribution in [2.24, 2.45) is 5.10 Å². The summed E-state index contributed by atoms with van der Waals surface area (Å²) in [5.74, 6) is 2.16. The summed E-state index contributed by atoms with van der Waals surface area (Å²) in [4.78, 5) is 4.13. The molecule has 116 valence electrons. The van der Waals surface area contributed by atoms with Gasteiger partial charge in [-0.2, -0.15) is 5.10 Å². The summed E-state index contributed by atoms with van der Waals surface area (Å²) in [6.07, 6.45) is 5.56. The second-order valence-electron chi connectivity index (χ2n) is 4.70. The van der Waals surface area contributed by atoms with E-state index in [1.807, 2.05) is 36.4 Å². The van der Waals surface area contributed by atoms with E-state index in [-0.39, 0.29) is 0 Å². The molecule has 0 saturated heterocycles. The first-order valence-electron chi connectivity index (χ1n) is 7.34. The van der Waals surface area contributed by atoms with E-state index in [9.17, 15) is 0 Å². The molecule has 0 spiro atoms. The summed E-state index contributed by atoms with van der Waals surface area (Å²) in [6, 6.07) is 11.3. The quantitative estimate of drug-likeness (QED) is 0.458. The predicted octanol–water partition coefficient (Wildman–Crippen LogP) is 3.72. The third-order valence-corrected chi connectivity index (χ3v) is 3.00. The third kappa shape index (κ3) is 4.77. The Hall–Kier alpha value is -2.56. The Morgan fingerprint density at radius 3 is 2.86 bits per heavy atom. The fraction of sp³-hybridized carbons (Fsp3) is 0.294. The molecule has 1 heterocycles. The van der Waals surface area contributed by atoms with Crippen LogP contribution in [0.3, 0.4) is 0 Å². The maximum atomic E-state index is 5.70. The Kier molecular flexibility index (Phi) is 6.23. The van der Waals surface area contributed by atoms with Gasteiger partial charge < -0.3 is 9.47 Å². The van der Waals surface area contributed by atoms with Gasteiger partial charge in [-0.1, -0.05) is 19.4 Å². The number of hydrogen-bond acceptors (Lipinski definition) is 5. The van der Waals surface area contributed by atoms with Crippen molar-refractivity contribution < 1.29 is 9.47 Å². The van der Waals surface area contributed by atoms with Crippen molar-refractivity contribution in [3.05, 3.63) is 48.2 Å². The summed E-state index contributed by atoms with van der Waals surface area (Å²) in [5.41, 5.74) is 3.79. The van der Waals surface area contributed by atoms with Gasteiger partial charge in [-0.25, -0.2) is 4.98 Å². The van der Waals surface area contributed by atoms with Crippen LogP contribution in [0.15, 0.2) is 47.7 Å². The van der Waals surface area contributed by atoms with Gasteiger partial charge in [-0.05, 0) is 42.3 Å². The van der Waals surface area contributed by atoms with Gasteiger partial charge in [0.15, 0.2) is 11.5 Å². The SMILES string of the molecule is CCCCOc1ccc(/C=N/Nc2ccccn2)cc1OC. The first-order valence-corrected chi connectivity index (χ1v) is 7.34. The average molecular weight is 299 g/mol. The number of nitrogens with zero attached hydrogens (tertiary/aromatic N) is 2. The summed E-state index contributed by atoms with van der Waals surface area (Å²) < 4.78 is 11.1. The van der Waals surface area contributed by atoms with Crippen LogP contribution < -0.4 is 14.9 Å². The van der Waals surface area contributed by atoms with E-state index in [1.54, 1.807) is 19.5 Å². The van der Waals surface area contributed by atoms with Crippen LogP contribution in [0.2, 0.25) is 0 Å². The zero-order chi connectivity index (χ0) is 15.6. The molecule has 0 aliphatic carbocycles. The topological polar surface area (TPSA) is 55.7 Å². The van der Waals surface area contributed by atoms with Crippen LogP contribution in [0.5, 0.6) is 11.5 Å². The number of benzene rings is 1. The van der Waals surface area contributed by atoms with Gasteiger partial charge in [0.25, 0.3) is 0 Å². The minimum absolute atomic E-state index is 0.696. The van der Waals surface area contributed by atoms with E-state index in [1.165, 1.54) is 0 Å². The highest BCUT2D eigenvalue weighted by Crippen LogP contribution is 2.27. The second kappa shape index (κ2) is 8.67. The highest BCUT2D eigenvalue weighted by molar-refractivity contribution is 5.81. The maximum Gasteiger partial charge on any atom is 0.161 e. The van der Waals surface area contributed by atoms with E-state index in [2.05, 4.69) is 22.4 Å². The van der Waals surface area contributed by atoms with Crippen molar-refractivity contribution in [3.63, 3.8) is 0 Å². The molecule has 0 fully saturated rings. The zero-order valence-corrected chi connectivity index (χ0v) is 13.0. The van der Waals surface area contributed by atoms with Crippen molar-refractivity contribution in [3.8, 4) is 11.5 Å². The molecule has 1 N–H and O–H groups in total. The normalized spacial score (nSPS) is 10.6. The van der Waals surface area contributed by atoms with Gasteiger partial charge in [-0.15, -0.1) is 0 Å². The molecule has 0 aliphatic rings. The molecule has 22 heavy (non-hydrogen) atoms. The van der Waals surface area contributed by atoms with E-state index < -0.39 is 0 Å². The highest BCUT2D eigenvalue weighted by Gasteiger charge is 2.04. The molecule has 0 atom stereocenters. The van der Waals surface area contributed by atoms with Gasteiger partial charge in [0, 0.05) is 6.20 Å². The Labute approximate surface area is 131 Å². The molecule has 2 aromatic rings. The fourth-order valence-corrected chi connectivity index (χ4v) is 1.81. The lowest BCUT2D eigenvalue weighted by molar-refractivity contribution is 0.288. The lowest BCUT2D eigenvalue weighted by atomic mass is 10.2. The van der Waals surface area contributed by atoms with E-state index in [0.29, 0.717) is 18.2 Å². The van der Waals surface area contributed by atoms with Crippen molar-refractivity contribution >= 4 is 12.0 Å². The van der Waals surface area contributed by atoms with Crippen molar-refractivity contribution in [1.82, 2.24) is 4.98 Å².